The van der Waals surface area contributed by atoms with E-state index in [0.29, 0.717) is 12.8 Å². The molecule has 1 fully saturated rings. The van der Waals surface area contributed by atoms with Crippen molar-refractivity contribution in [3.05, 3.63) is 35.9 Å². The minimum absolute atomic E-state index is 0.165. The van der Waals surface area contributed by atoms with Crippen LogP contribution < -0.4 is 0 Å². The van der Waals surface area contributed by atoms with Gasteiger partial charge in [-0.1, -0.05) is 30.3 Å². The highest BCUT2D eigenvalue weighted by Gasteiger charge is 2.33. The number of hydrogen-bond donors (Lipinski definition) is 0. The van der Waals surface area contributed by atoms with Gasteiger partial charge in [-0.05, 0) is 39.2 Å². The summed E-state index contributed by atoms with van der Waals surface area (Å²) < 4.78 is 5.43. The van der Waals surface area contributed by atoms with Crippen LogP contribution in [0.2, 0.25) is 0 Å². The van der Waals surface area contributed by atoms with Crippen molar-refractivity contribution in [3.8, 4) is 0 Å². The van der Waals surface area contributed by atoms with Crippen LogP contribution in [-0.2, 0) is 21.0 Å². The van der Waals surface area contributed by atoms with Gasteiger partial charge in [0.05, 0.1) is 6.04 Å². The molecule has 1 unspecified atom stereocenters. The molecular formula is C18H25NO4. The Balaban J connectivity index is 2.07. The van der Waals surface area contributed by atoms with Crippen LogP contribution in [0.1, 0.15) is 52.0 Å². The maximum Gasteiger partial charge on any atom is 0.434 e. The summed E-state index contributed by atoms with van der Waals surface area (Å²) in [5.41, 5.74) is 0.354. The standard InChI is InChI=1S/C18H25NO4/c1-18(2,3)23-17(21)19(15-10-7-11-16(20)12-15)22-13-14-8-5-4-6-9-14/h4-6,8-9,15H,7,10-13H2,1-3H3. The monoisotopic (exact) mass is 319 g/mol. The topological polar surface area (TPSA) is 55.8 Å². The van der Waals surface area contributed by atoms with Gasteiger partial charge in [-0.15, -0.1) is 0 Å². The minimum atomic E-state index is -0.607. The van der Waals surface area contributed by atoms with Crippen molar-refractivity contribution in [1.29, 1.82) is 0 Å². The summed E-state index contributed by atoms with van der Waals surface area (Å²) in [5.74, 6) is 0.165. The molecule has 23 heavy (non-hydrogen) atoms. The van der Waals surface area contributed by atoms with Crippen LogP contribution in [0.3, 0.4) is 0 Å². The average molecular weight is 319 g/mol. The summed E-state index contributed by atoms with van der Waals surface area (Å²) in [6.45, 7) is 5.70. The third kappa shape index (κ3) is 5.67. The van der Waals surface area contributed by atoms with Crippen molar-refractivity contribution in [3.63, 3.8) is 0 Å². The summed E-state index contributed by atoms with van der Waals surface area (Å²) in [5, 5.41) is 1.26. The van der Waals surface area contributed by atoms with Gasteiger partial charge in [-0.3, -0.25) is 9.63 Å². The maximum absolute atomic E-state index is 12.5. The second-order valence-corrected chi connectivity index (χ2v) is 6.85. The first-order valence-corrected chi connectivity index (χ1v) is 8.06. The van der Waals surface area contributed by atoms with Gasteiger partial charge in [0, 0.05) is 12.8 Å². The molecule has 1 amide bonds. The second-order valence-electron chi connectivity index (χ2n) is 6.85. The number of ether oxygens (including phenoxy) is 1. The lowest BCUT2D eigenvalue weighted by Crippen LogP contribution is -2.45. The molecule has 0 heterocycles. The van der Waals surface area contributed by atoms with Gasteiger partial charge < -0.3 is 4.74 Å². The Labute approximate surface area is 137 Å². The van der Waals surface area contributed by atoms with E-state index >= 15 is 0 Å². The van der Waals surface area contributed by atoms with Crippen LogP contribution >= 0.6 is 0 Å². The van der Waals surface area contributed by atoms with Crippen LogP contribution in [0.25, 0.3) is 0 Å². The van der Waals surface area contributed by atoms with Gasteiger partial charge in [0.1, 0.15) is 18.0 Å². The van der Waals surface area contributed by atoms with E-state index in [2.05, 4.69) is 0 Å². The van der Waals surface area contributed by atoms with E-state index in [0.717, 1.165) is 18.4 Å². The number of hydrogen-bond acceptors (Lipinski definition) is 4. The predicted molar refractivity (Wildman–Crippen MR) is 86.6 cm³/mol. The Morgan fingerprint density at radius 2 is 1.96 bits per heavy atom. The minimum Gasteiger partial charge on any atom is -0.442 e. The molecule has 0 spiro atoms. The van der Waals surface area contributed by atoms with Crippen LogP contribution in [-0.4, -0.2) is 28.6 Å². The summed E-state index contributed by atoms with van der Waals surface area (Å²) in [6.07, 6.45) is 1.90. The lowest BCUT2D eigenvalue weighted by atomic mass is 9.94. The molecule has 5 nitrogen and oxygen atoms in total. The molecule has 1 aromatic rings. The zero-order chi connectivity index (χ0) is 16.9. The molecule has 1 aliphatic rings. The molecule has 126 valence electrons. The van der Waals surface area contributed by atoms with Gasteiger partial charge in [-0.25, -0.2) is 4.79 Å². The largest absolute Gasteiger partial charge is 0.442 e. The number of ketones is 1. The highest BCUT2D eigenvalue weighted by Crippen LogP contribution is 2.23. The van der Waals surface area contributed by atoms with Gasteiger partial charge in [-0.2, -0.15) is 5.06 Å². The Hall–Kier alpha value is -1.88. The average Bonchev–Trinajstić information content (AvgIpc) is 2.47. The molecule has 0 aromatic heterocycles. The number of amides is 1. The first kappa shape index (κ1) is 17.5. The van der Waals surface area contributed by atoms with E-state index in [1.54, 1.807) is 0 Å². The molecule has 5 heteroatoms. The van der Waals surface area contributed by atoms with Crippen molar-refractivity contribution < 1.29 is 19.2 Å². The summed E-state index contributed by atoms with van der Waals surface area (Å²) in [7, 11) is 0. The molecule has 0 N–H and O–H groups in total. The van der Waals surface area contributed by atoms with E-state index in [1.165, 1.54) is 5.06 Å². The predicted octanol–water partition coefficient (Wildman–Crippen LogP) is 3.87. The number of benzene rings is 1. The fourth-order valence-electron chi connectivity index (χ4n) is 2.53. The highest BCUT2D eigenvalue weighted by atomic mass is 16.7. The first-order valence-electron chi connectivity index (χ1n) is 8.06. The Kier molecular flexibility index (Phi) is 5.77. The Morgan fingerprint density at radius 1 is 1.26 bits per heavy atom. The fourth-order valence-corrected chi connectivity index (χ4v) is 2.53. The molecular weight excluding hydrogens is 294 g/mol. The maximum atomic E-state index is 12.5. The number of hydroxylamine groups is 2. The lowest BCUT2D eigenvalue weighted by Gasteiger charge is -2.33. The van der Waals surface area contributed by atoms with Crippen molar-refractivity contribution in [2.45, 2.75) is 64.7 Å². The zero-order valence-corrected chi connectivity index (χ0v) is 14.1. The third-order valence-corrected chi connectivity index (χ3v) is 3.57. The fraction of sp³-hybridized carbons (Fsp3) is 0.556. The molecule has 0 saturated heterocycles. The van der Waals surface area contributed by atoms with Crippen molar-refractivity contribution >= 4 is 11.9 Å². The molecule has 1 saturated carbocycles. The molecule has 0 radical (unpaired) electrons. The normalized spacial score (nSPS) is 18.6. The summed E-state index contributed by atoms with van der Waals surface area (Å²) in [6, 6.07) is 9.37. The number of carbonyl (C=O) groups excluding carboxylic acids is 2. The first-order chi connectivity index (χ1) is 10.8. The second kappa shape index (κ2) is 7.59. The van der Waals surface area contributed by atoms with E-state index in [1.807, 2.05) is 51.1 Å². The van der Waals surface area contributed by atoms with E-state index in [4.69, 9.17) is 9.57 Å². The molecule has 0 bridgehead atoms. The SMILES string of the molecule is CC(C)(C)OC(=O)N(OCc1ccccc1)C1CCCC(=O)C1. The molecule has 1 aliphatic carbocycles. The van der Waals surface area contributed by atoms with E-state index in [9.17, 15) is 9.59 Å². The van der Waals surface area contributed by atoms with E-state index in [-0.39, 0.29) is 18.4 Å². The Bertz CT molecular complexity index is 536. The van der Waals surface area contributed by atoms with Gasteiger partial charge >= 0.3 is 6.09 Å². The zero-order valence-electron chi connectivity index (χ0n) is 14.1. The van der Waals surface area contributed by atoms with Gasteiger partial charge in [0.2, 0.25) is 0 Å². The van der Waals surface area contributed by atoms with Crippen molar-refractivity contribution in [2.75, 3.05) is 0 Å². The summed E-state index contributed by atoms with van der Waals surface area (Å²) in [4.78, 5) is 29.9. The number of nitrogens with zero attached hydrogens (tertiary/aromatic N) is 1. The van der Waals surface area contributed by atoms with E-state index < -0.39 is 11.7 Å². The molecule has 1 aromatic carbocycles. The number of rotatable bonds is 4. The molecule has 2 rings (SSSR count). The van der Waals surface area contributed by atoms with Crippen LogP contribution in [0, 0.1) is 0 Å². The highest BCUT2D eigenvalue weighted by molar-refractivity contribution is 5.80. The van der Waals surface area contributed by atoms with Gasteiger partial charge in [0.25, 0.3) is 0 Å². The van der Waals surface area contributed by atoms with Crippen LogP contribution in [0.4, 0.5) is 4.79 Å². The smallest absolute Gasteiger partial charge is 0.434 e. The van der Waals surface area contributed by atoms with Crippen molar-refractivity contribution in [2.24, 2.45) is 0 Å². The molecule has 0 aliphatic heterocycles. The molecule has 1 atom stereocenters. The van der Waals surface area contributed by atoms with Gasteiger partial charge in [0.15, 0.2) is 0 Å². The lowest BCUT2D eigenvalue weighted by molar-refractivity contribution is -0.184. The third-order valence-electron chi connectivity index (χ3n) is 3.57. The Morgan fingerprint density at radius 3 is 2.57 bits per heavy atom. The quantitative estimate of drug-likeness (QED) is 0.791. The summed E-state index contributed by atoms with van der Waals surface area (Å²) >= 11 is 0. The van der Waals surface area contributed by atoms with Crippen LogP contribution in [0.15, 0.2) is 30.3 Å². The number of carbonyl (C=O) groups is 2. The van der Waals surface area contributed by atoms with Crippen LogP contribution in [0.5, 0.6) is 0 Å². The van der Waals surface area contributed by atoms with Crippen molar-refractivity contribution in [1.82, 2.24) is 5.06 Å². The number of Topliss-reactive ketones (excluding diaryl/α,β-unsaturated/α-hetero) is 1.